The van der Waals surface area contributed by atoms with E-state index in [-0.39, 0.29) is 12.0 Å². The summed E-state index contributed by atoms with van der Waals surface area (Å²) < 4.78 is 0. The highest BCUT2D eigenvalue weighted by atomic mass is 16.3. The molecule has 1 atom stereocenters. The first-order valence-electron chi connectivity index (χ1n) is 7.76. The minimum Gasteiger partial charge on any atom is -0.395 e. The molecule has 0 radical (unpaired) electrons. The van der Waals surface area contributed by atoms with Crippen molar-refractivity contribution in [3.05, 3.63) is 35.9 Å². The molecule has 0 bridgehead atoms. The number of aliphatic hydroxyl groups is 1. The zero-order chi connectivity index (χ0) is 15.2. The lowest BCUT2D eigenvalue weighted by atomic mass is 9.82. The molecule has 0 heterocycles. The molecule has 2 nitrogen and oxygen atoms in total. The van der Waals surface area contributed by atoms with Crippen LogP contribution >= 0.6 is 0 Å². The highest BCUT2D eigenvalue weighted by molar-refractivity contribution is 5.25. The van der Waals surface area contributed by atoms with Gasteiger partial charge in [-0.25, -0.2) is 0 Å². The van der Waals surface area contributed by atoms with Crippen molar-refractivity contribution in [1.82, 2.24) is 4.90 Å². The van der Waals surface area contributed by atoms with Gasteiger partial charge in [0, 0.05) is 25.0 Å². The van der Waals surface area contributed by atoms with Crippen molar-refractivity contribution in [3.63, 3.8) is 0 Å². The van der Waals surface area contributed by atoms with E-state index in [1.54, 1.807) is 0 Å². The first kappa shape index (κ1) is 17.2. The number of hydrogen-bond donors (Lipinski definition) is 1. The molecule has 1 unspecified atom stereocenters. The second-order valence-electron chi connectivity index (χ2n) is 7.07. The van der Waals surface area contributed by atoms with Gasteiger partial charge in [-0.3, -0.25) is 0 Å². The second-order valence-corrected chi connectivity index (χ2v) is 7.07. The summed E-state index contributed by atoms with van der Waals surface area (Å²) in [5, 5.41) is 9.93. The summed E-state index contributed by atoms with van der Waals surface area (Å²) in [7, 11) is 0. The fourth-order valence-electron chi connectivity index (χ4n) is 2.80. The third-order valence-electron chi connectivity index (χ3n) is 3.64. The van der Waals surface area contributed by atoms with Gasteiger partial charge in [-0.05, 0) is 17.4 Å². The van der Waals surface area contributed by atoms with Crippen molar-refractivity contribution in [2.45, 2.75) is 40.0 Å². The molecule has 0 saturated carbocycles. The van der Waals surface area contributed by atoms with E-state index >= 15 is 0 Å². The van der Waals surface area contributed by atoms with Crippen LogP contribution in [0.1, 0.15) is 40.2 Å². The molecule has 0 aromatic heterocycles. The second kappa shape index (κ2) is 7.80. The van der Waals surface area contributed by atoms with Crippen LogP contribution in [0.15, 0.2) is 30.3 Å². The number of benzene rings is 1. The Morgan fingerprint density at radius 2 is 1.50 bits per heavy atom. The Hall–Kier alpha value is -0.860. The summed E-state index contributed by atoms with van der Waals surface area (Å²) in [5.74, 6) is 1.29. The van der Waals surface area contributed by atoms with Gasteiger partial charge in [0.15, 0.2) is 0 Å². The molecule has 0 fully saturated rings. The molecule has 1 N–H and O–H groups in total. The number of hydrogen-bond acceptors (Lipinski definition) is 2. The Bertz CT molecular complexity index is 364. The summed E-state index contributed by atoms with van der Waals surface area (Å²) in [6, 6.07) is 10.4. The number of nitrogens with zero attached hydrogens (tertiary/aromatic N) is 1. The van der Waals surface area contributed by atoms with Crippen molar-refractivity contribution in [1.29, 1.82) is 0 Å². The average molecular weight is 277 g/mol. The Balaban J connectivity index is 2.86. The largest absolute Gasteiger partial charge is 0.395 e. The minimum absolute atomic E-state index is 0.184. The van der Waals surface area contributed by atoms with E-state index in [2.05, 4.69) is 63.8 Å². The summed E-state index contributed by atoms with van der Waals surface area (Å²) in [6.07, 6.45) is 0. The maximum Gasteiger partial charge on any atom is 0.0537 e. The average Bonchev–Trinajstić information content (AvgIpc) is 2.38. The third-order valence-corrected chi connectivity index (χ3v) is 3.64. The highest BCUT2D eigenvalue weighted by Crippen LogP contribution is 2.25. The van der Waals surface area contributed by atoms with Gasteiger partial charge in [0.05, 0.1) is 6.61 Å². The molecule has 0 aliphatic carbocycles. The van der Waals surface area contributed by atoms with Crippen molar-refractivity contribution < 1.29 is 5.11 Å². The van der Waals surface area contributed by atoms with Crippen LogP contribution in [0, 0.1) is 11.8 Å². The van der Waals surface area contributed by atoms with Crippen LogP contribution in [-0.4, -0.2) is 36.2 Å². The molecule has 20 heavy (non-hydrogen) atoms. The van der Waals surface area contributed by atoms with Gasteiger partial charge in [0.25, 0.3) is 0 Å². The minimum atomic E-state index is -0.189. The SMILES string of the molecule is CC(C)CN(CC(C)C)CC(C)(CO)c1ccccc1. The lowest BCUT2D eigenvalue weighted by Crippen LogP contribution is -2.44. The Morgan fingerprint density at radius 1 is 1.00 bits per heavy atom. The van der Waals surface area contributed by atoms with E-state index in [0.29, 0.717) is 11.8 Å². The molecule has 0 spiro atoms. The molecule has 2 heteroatoms. The Kier molecular flexibility index (Phi) is 6.70. The van der Waals surface area contributed by atoms with E-state index in [0.717, 1.165) is 19.6 Å². The number of rotatable bonds is 8. The van der Waals surface area contributed by atoms with Crippen molar-refractivity contribution >= 4 is 0 Å². The molecule has 0 amide bonds. The lowest BCUT2D eigenvalue weighted by Gasteiger charge is -2.36. The van der Waals surface area contributed by atoms with E-state index < -0.39 is 0 Å². The van der Waals surface area contributed by atoms with Crippen LogP contribution in [0.5, 0.6) is 0 Å². The maximum absolute atomic E-state index is 9.93. The van der Waals surface area contributed by atoms with E-state index in [1.807, 2.05) is 6.07 Å². The van der Waals surface area contributed by atoms with Gasteiger partial charge in [-0.2, -0.15) is 0 Å². The molecule has 0 aliphatic rings. The van der Waals surface area contributed by atoms with Gasteiger partial charge in [-0.1, -0.05) is 65.0 Å². The monoisotopic (exact) mass is 277 g/mol. The van der Waals surface area contributed by atoms with Crippen LogP contribution in [0.25, 0.3) is 0 Å². The van der Waals surface area contributed by atoms with E-state index in [4.69, 9.17) is 0 Å². The lowest BCUT2D eigenvalue weighted by molar-refractivity contribution is 0.126. The summed E-state index contributed by atoms with van der Waals surface area (Å²) >= 11 is 0. The molecular formula is C18H31NO. The van der Waals surface area contributed by atoms with Crippen LogP contribution in [0.2, 0.25) is 0 Å². The third kappa shape index (κ3) is 5.26. The van der Waals surface area contributed by atoms with Gasteiger partial charge < -0.3 is 10.0 Å². The van der Waals surface area contributed by atoms with Crippen molar-refractivity contribution in [2.75, 3.05) is 26.2 Å². The predicted octanol–water partition coefficient (Wildman–Crippen LogP) is 3.55. The number of aliphatic hydroxyl groups excluding tert-OH is 1. The van der Waals surface area contributed by atoms with Gasteiger partial charge in [-0.15, -0.1) is 0 Å². The van der Waals surface area contributed by atoms with Crippen molar-refractivity contribution in [3.8, 4) is 0 Å². The highest BCUT2D eigenvalue weighted by Gasteiger charge is 2.28. The van der Waals surface area contributed by atoms with Crippen LogP contribution < -0.4 is 0 Å². The predicted molar refractivity (Wildman–Crippen MR) is 87.0 cm³/mol. The normalized spacial score (nSPS) is 15.1. The molecule has 114 valence electrons. The summed E-state index contributed by atoms with van der Waals surface area (Å²) in [6.45, 7) is 14.4. The van der Waals surface area contributed by atoms with Gasteiger partial charge in [0.2, 0.25) is 0 Å². The molecule has 0 aliphatic heterocycles. The fourth-order valence-corrected chi connectivity index (χ4v) is 2.80. The Labute approximate surface area is 124 Å². The fraction of sp³-hybridized carbons (Fsp3) is 0.667. The van der Waals surface area contributed by atoms with E-state index in [9.17, 15) is 5.11 Å². The molecule has 1 aromatic carbocycles. The smallest absolute Gasteiger partial charge is 0.0537 e. The van der Waals surface area contributed by atoms with E-state index in [1.165, 1.54) is 5.56 Å². The quantitative estimate of drug-likeness (QED) is 0.785. The van der Waals surface area contributed by atoms with Crippen LogP contribution in [-0.2, 0) is 5.41 Å². The molecule has 0 saturated heterocycles. The zero-order valence-electron chi connectivity index (χ0n) is 13.8. The topological polar surface area (TPSA) is 23.5 Å². The molecule has 1 rings (SSSR count). The maximum atomic E-state index is 9.93. The summed E-state index contributed by atoms with van der Waals surface area (Å²) in [5.41, 5.74) is 1.03. The Morgan fingerprint density at radius 3 is 1.90 bits per heavy atom. The molecular weight excluding hydrogens is 246 g/mol. The first-order valence-corrected chi connectivity index (χ1v) is 7.76. The first-order chi connectivity index (χ1) is 9.37. The zero-order valence-corrected chi connectivity index (χ0v) is 13.8. The van der Waals surface area contributed by atoms with Crippen molar-refractivity contribution in [2.24, 2.45) is 11.8 Å². The van der Waals surface area contributed by atoms with Gasteiger partial charge >= 0.3 is 0 Å². The summed E-state index contributed by atoms with van der Waals surface area (Å²) in [4.78, 5) is 2.50. The molecule has 1 aromatic rings. The van der Waals surface area contributed by atoms with Crippen LogP contribution in [0.4, 0.5) is 0 Å². The van der Waals surface area contributed by atoms with Crippen LogP contribution in [0.3, 0.4) is 0 Å². The standard InChI is InChI=1S/C18H31NO/c1-15(2)11-19(12-16(3)4)13-18(5,14-20)17-9-7-6-8-10-17/h6-10,15-16,20H,11-14H2,1-5H3. The van der Waals surface area contributed by atoms with Gasteiger partial charge in [0.1, 0.15) is 0 Å².